The van der Waals surface area contributed by atoms with E-state index in [1.165, 1.54) is 31.4 Å². The zero-order valence-corrected chi connectivity index (χ0v) is 13.9. The van der Waals surface area contributed by atoms with Crippen LogP contribution in [0.25, 0.3) is 0 Å². The Balaban J connectivity index is 2.18. The molecule has 1 atom stereocenters. The first-order valence-electron chi connectivity index (χ1n) is 7.43. The number of hydrogen-bond donors (Lipinski definition) is 1. The fourth-order valence-corrected chi connectivity index (χ4v) is 3.23. The number of hydrogen-bond acceptors (Lipinski definition) is 2. The Morgan fingerprint density at radius 3 is 2.60 bits per heavy atom. The van der Waals surface area contributed by atoms with Gasteiger partial charge in [0.05, 0.1) is 0 Å². The number of halogens is 2. The van der Waals surface area contributed by atoms with Crippen molar-refractivity contribution in [3.05, 3.63) is 34.1 Å². The molecule has 0 aromatic heterocycles. The van der Waals surface area contributed by atoms with E-state index < -0.39 is 0 Å². The Bertz CT molecular complexity index is 446. The van der Waals surface area contributed by atoms with Gasteiger partial charge in [-0.25, -0.2) is 4.39 Å². The molecule has 4 heteroatoms. The van der Waals surface area contributed by atoms with Crippen LogP contribution in [0.5, 0.6) is 0 Å². The molecule has 2 N–H and O–H groups in total. The molecule has 1 fully saturated rings. The summed E-state index contributed by atoms with van der Waals surface area (Å²) in [5.41, 5.74) is 7.13. The van der Waals surface area contributed by atoms with Gasteiger partial charge in [-0.05, 0) is 49.4 Å². The molecular formula is C16H24BrFN2. The van der Waals surface area contributed by atoms with Gasteiger partial charge in [0.15, 0.2) is 0 Å². The third kappa shape index (κ3) is 4.03. The van der Waals surface area contributed by atoms with Gasteiger partial charge in [0.1, 0.15) is 5.82 Å². The maximum absolute atomic E-state index is 13.3. The second kappa shape index (κ2) is 7.01. The van der Waals surface area contributed by atoms with Gasteiger partial charge in [-0.15, -0.1) is 0 Å². The summed E-state index contributed by atoms with van der Waals surface area (Å²) in [6.45, 7) is 6.12. The lowest BCUT2D eigenvalue weighted by Gasteiger charge is -2.32. The fourth-order valence-electron chi connectivity index (χ4n) is 2.62. The van der Waals surface area contributed by atoms with Crippen LogP contribution in [0, 0.1) is 11.7 Å². The molecule has 1 aliphatic rings. The summed E-state index contributed by atoms with van der Waals surface area (Å²) in [6, 6.07) is 5.75. The topological polar surface area (TPSA) is 29.3 Å². The van der Waals surface area contributed by atoms with E-state index in [9.17, 15) is 4.39 Å². The van der Waals surface area contributed by atoms with Crippen molar-refractivity contribution in [2.24, 2.45) is 11.7 Å². The van der Waals surface area contributed by atoms with Gasteiger partial charge in [-0.3, -0.25) is 4.90 Å². The average Bonchev–Trinajstić information content (AvgIpc) is 3.19. The third-order valence-electron chi connectivity index (χ3n) is 3.93. The molecule has 2 nitrogen and oxygen atoms in total. The molecule has 0 heterocycles. The second-order valence-electron chi connectivity index (χ2n) is 6.07. The van der Waals surface area contributed by atoms with Crippen LogP contribution in [0.1, 0.15) is 44.7 Å². The Labute approximate surface area is 129 Å². The summed E-state index contributed by atoms with van der Waals surface area (Å²) in [5.74, 6) is 0.475. The Morgan fingerprint density at radius 2 is 2.10 bits per heavy atom. The van der Waals surface area contributed by atoms with Crippen molar-refractivity contribution in [3.8, 4) is 0 Å². The summed E-state index contributed by atoms with van der Waals surface area (Å²) < 4.78 is 14.1. The SMILES string of the molecule is CC(C)CCN(C1CC1)C(CN)c1ccc(F)cc1Br. The van der Waals surface area contributed by atoms with E-state index in [4.69, 9.17) is 5.73 Å². The van der Waals surface area contributed by atoms with Crippen LogP contribution in [0.15, 0.2) is 22.7 Å². The van der Waals surface area contributed by atoms with Crippen molar-refractivity contribution in [1.29, 1.82) is 0 Å². The van der Waals surface area contributed by atoms with E-state index in [-0.39, 0.29) is 11.9 Å². The molecular weight excluding hydrogens is 319 g/mol. The highest BCUT2D eigenvalue weighted by Gasteiger charge is 2.34. The third-order valence-corrected chi connectivity index (χ3v) is 4.61. The van der Waals surface area contributed by atoms with Gasteiger partial charge in [0.25, 0.3) is 0 Å². The standard InChI is InChI=1S/C16H24BrFN2/c1-11(2)7-8-20(13-4-5-13)16(10-19)14-6-3-12(18)9-15(14)17/h3,6,9,11,13,16H,4-5,7-8,10,19H2,1-2H3. The van der Waals surface area contributed by atoms with Gasteiger partial charge >= 0.3 is 0 Å². The number of rotatable bonds is 7. The van der Waals surface area contributed by atoms with Gasteiger partial charge in [0, 0.05) is 23.1 Å². The first kappa shape index (κ1) is 15.9. The van der Waals surface area contributed by atoms with Gasteiger partial charge in [0.2, 0.25) is 0 Å². The largest absolute Gasteiger partial charge is 0.329 e. The molecule has 0 bridgehead atoms. The first-order valence-corrected chi connectivity index (χ1v) is 8.23. The molecule has 0 aliphatic heterocycles. The molecule has 1 aromatic carbocycles. The van der Waals surface area contributed by atoms with Crippen molar-refractivity contribution in [3.63, 3.8) is 0 Å². The monoisotopic (exact) mass is 342 g/mol. The minimum absolute atomic E-state index is 0.177. The summed E-state index contributed by atoms with van der Waals surface area (Å²) in [4.78, 5) is 2.51. The predicted molar refractivity (Wildman–Crippen MR) is 85.1 cm³/mol. The molecule has 0 radical (unpaired) electrons. The molecule has 1 saturated carbocycles. The van der Waals surface area contributed by atoms with Crippen LogP contribution < -0.4 is 5.73 Å². The number of nitrogens with two attached hydrogens (primary N) is 1. The van der Waals surface area contributed by atoms with E-state index in [2.05, 4.69) is 34.7 Å². The van der Waals surface area contributed by atoms with Crippen LogP contribution in [-0.2, 0) is 0 Å². The number of benzene rings is 1. The van der Waals surface area contributed by atoms with Crippen LogP contribution in [-0.4, -0.2) is 24.0 Å². The smallest absolute Gasteiger partial charge is 0.124 e. The van der Waals surface area contributed by atoms with E-state index in [0.29, 0.717) is 18.5 Å². The van der Waals surface area contributed by atoms with Crippen molar-refractivity contribution < 1.29 is 4.39 Å². The van der Waals surface area contributed by atoms with Crippen molar-refractivity contribution in [2.45, 2.75) is 45.2 Å². The van der Waals surface area contributed by atoms with Crippen molar-refractivity contribution in [1.82, 2.24) is 4.90 Å². The van der Waals surface area contributed by atoms with E-state index in [0.717, 1.165) is 16.6 Å². The molecule has 20 heavy (non-hydrogen) atoms. The highest BCUT2D eigenvalue weighted by Crippen LogP contribution is 2.36. The van der Waals surface area contributed by atoms with Gasteiger partial charge in [-0.2, -0.15) is 0 Å². The normalized spacial score (nSPS) is 16.9. The van der Waals surface area contributed by atoms with Crippen LogP contribution in [0.2, 0.25) is 0 Å². The van der Waals surface area contributed by atoms with Crippen molar-refractivity contribution >= 4 is 15.9 Å². The average molecular weight is 343 g/mol. The Morgan fingerprint density at radius 1 is 1.40 bits per heavy atom. The predicted octanol–water partition coefficient (Wildman–Crippen LogP) is 4.10. The van der Waals surface area contributed by atoms with E-state index in [1.54, 1.807) is 0 Å². The summed E-state index contributed by atoms with van der Waals surface area (Å²) >= 11 is 3.48. The molecule has 2 rings (SSSR count). The molecule has 1 aliphatic carbocycles. The molecule has 1 unspecified atom stereocenters. The summed E-state index contributed by atoms with van der Waals surface area (Å²) in [7, 11) is 0. The zero-order valence-electron chi connectivity index (χ0n) is 12.3. The fraction of sp³-hybridized carbons (Fsp3) is 0.625. The lowest BCUT2D eigenvalue weighted by molar-refractivity contribution is 0.180. The Hall–Kier alpha value is -0.450. The maximum Gasteiger partial charge on any atom is 0.124 e. The van der Waals surface area contributed by atoms with Crippen LogP contribution in [0.4, 0.5) is 4.39 Å². The van der Waals surface area contributed by atoms with Crippen LogP contribution >= 0.6 is 15.9 Å². The molecule has 1 aromatic rings. The summed E-state index contributed by atoms with van der Waals surface area (Å²) in [6.07, 6.45) is 3.69. The minimum Gasteiger partial charge on any atom is -0.329 e. The Kier molecular flexibility index (Phi) is 5.58. The molecule has 112 valence electrons. The first-order chi connectivity index (χ1) is 9.52. The zero-order chi connectivity index (χ0) is 14.7. The molecule has 0 spiro atoms. The second-order valence-corrected chi connectivity index (χ2v) is 6.92. The molecule has 0 amide bonds. The quantitative estimate of drug-likeness (QED) is 0.808. The highest BCUT2D eigenvalue weighted by molar-refractivity contribution is 9.10. The van der Waals surface area contributed by atoms with Crippen molar-refractivity contribution in [2.75, 3.05) is 13.1 Å². The lowest BCUT2D eigenvalue weighted by atomic mass is 10.0. The maximum atomic E-state index is 13.3. The number of nitrogens with zero attached hydrogens (tertiary/aromatic N) is 1. The van der Waals surface area contributed by atoms with E-state index >= 15 is 0 Å². The van der Waals surface area contributed by atoms with Gasteiger partial charge in [-0.1, -0.05) is 35.8 Å². The lowest BCUT2D eigenvalue weighted by Crippen LogP contribution is -2.37. The van der Waals surface area contributed by atoms with E-state index in [1.807, 2.05) is 6.07 Å². The highest BCUT2D eigenvalue weighted by atomic mass is 79.9. The minimum atomic E-state index is -0.212. The molecule has 0 saturated heterocycles. The van der Waals surface area contributed by atoms with Crippen LogP contribution in [0.3, 0.4) is 0 Å². The summed E-state index contributed by atoms with van der Waals surface area (Å²) in [5, 5.41) is 0. The van der Waals surface area contributed by atoms with Gasteiger partial charge < -0.3 is 5.73 Å².